The van der Waals surface area contributed by atoms with E-state index in [9.17, 15) is 4.39 Å². The van der Waals surface area contributed by atoms with Crippen LogP contribution in [0.5, 0.6) is 0 Å². The summed E-state index contributed by atoms with van der Waals surface area (Å²) in [5.41, 5.74) is 2.45. The van der Waals surface area contributed by atoms with Crippen LogP contribution in [0.1, 0.15) is 19.4 Å². The van der Waals surface area contributed by atoms with Crippen molar-refractivity contribution in [1.29, 1.82) is 0 Å². The lowest BCUT2D eigenvalue weighted by Gasteiger charge is -2.10. The first-order chi connectivity index (χ1) is 8.58. The van der Waals surface area contributed by atoms with Gasteiger partial charge < -0.3 is 5.32 Å². The Hall–Kier alpha value is -1.75. The van der Waals surface area contributed by atoms with Crippen molar-refractivity contribution in [2.24, 2.45) is 7.05 Å². The van der Waals surface area contributed by atoms with E-state index in [0.29, 0.717) is 18.2 Å². The number of aromatic nitrogens is 3. The van der Waals surface area contributed by atoms with E-state index in [0.717, 1.165) is 11.3 Å². The lowest BCUT2D eigenvalue weighted by Crippen LogP contribution is -2.22. The van der Waals surface area contributed by atoms with Crippen molar-refractivity contribution in [3.05, 3.63) is 35.8 Å². The Morgan fingerprint density at radius 2 is 2.17 bits per heavy atom. The van der Waals surface area contributed by atoms with Gasteiger partial charge in [0.05, 0.1) is 11.9 Å². The van der Waals surface area contributed by atoms with E-state index < -0.39 is 0 Å². The number of nitrogens with one attached hydrogen (secondary N) is 1. The van der Waals surface area contributed by atoms with E-state index in [-0.39, 0.29) is 5.82 Å². The highest BCUT2D eigenvalue weighted by Crippen LogP contribution is 2.20. The second-order valence-electron chi connectivity index (χ2n) is 4.58. The van der Waals surface area contributed by atoms with Gasteiger partial charge in [-0.3, -0.25) is 0 Å². The molecule has 1 aromatic carbocycles. The highest BCUT2D eigenvalue weighted by atomic mass is 19.1. The first kappa shape index (κ1) is 12.7. The molecule has 1 aromatic heterocycles. The van der Waals surface area contributed by atoms with Crippen LogP contribution in [-0.2, 0) is 13.6 Å². The first-order valence-corrected chi connectivity index (χ1v) is 5.95. The quantitative estimate of drug-likeness (QED) is 0.901. The zero-order valence-electron chi connectivity index (χ0n) is 10.8. The third-order valence-corrected chi connectivity index (χ3v) is 2.76. The summed E-state index contributed by atoms with van der Waals surface area (Å²) in [6.45, 7) is 4.59. The number of rotatable bonds is 4. The summed E-state index contributed by atoms with van der Waals surface area (Å²) in [5, 5.41) is 10.9. The maximum Gasteiger partial charge on any atom is 0.127 e. The number of benzene rings is 1. The largest absolute Gasteiger partial charge is 0.310 e. The van der Waals surface area contributed by atoms with E-state index in [4.69, 9.17) is 0 Å². The SMILES string of the molecule is CC(C)NCc1cc(-c2cnnn2C)ccc1F. The second-order valence-corrected chi connectivity index (χ2v) is 4.58. The Labute approximate surface area is 106 Å². The predicted octanol–water partition coefficient (Wildman–Crippen LogP) is 2.12. The Kier molecular flexibility index (Phi) is 3.72. The molecule has 0 fully saturated rings. The Morgan fingerprint density at radius 3 is 2.78 bits per heavy atom. The van der Waals surface area contributed by atoms with Crippen molar-refractivity contribution in [1.82, 2.24) is 20.3 Å². The summed E-state index contributed by atoms with van der Waals surface area (Å²) in [6.07, 6.45) is 1.67. The molecule has 0 aliphatic heterocycles. The van der Waals surface area contributed by atoms with Crippen LogP contribution in [0.3, 0.4) is 0 Å². The smallest absolute Gasteiger partial charge is 0.127 e. The van der Waals surface area contributed by atoms with Crippen LogP contribution in [0.2, 0.25) is 0 Å². The van der Waals surface area contributed by atoms with Gasteiger partial charge in [0.2, 0.25) is 0 Å². The molecule has 0 unspecified atom stereocenters. The van der Waals surface area contributed by atoms with Crippen molar-refractivity contribution in [3.8, 4) is 11.3 Å². The fourth-order valence-corrected chi connectivity index (χ4v) is 1.73. The molecule has 1 N–H and O–H groups in total. The standard InChI is InChI=1S/C13H17FN4/c1-9(2)15-7-11-6-10(4-5-12(11)14)13-8-16-17-18(13)3/h4-6,8-9,15H,7H2,1-3H3. The second kappa shape index (κ2) is 5.27. The minimum absolute atomic E-state index is 0.193. The van der Waals surface area contributed by atoms with Crippen LogP contribution >= 0.6 is 0 Å². The monoisotopic (exact) mass is 248 g/mol. The summed E-state index contributed by atoms with van der Waals surface area (Å²) in [7, 11) is 1.82. The van der Waals surface area contributed by atoms with E-state index in [1.807, 2.05) is 27.0 Å². The molecule has 96 valence electrons. The minimum atomic E-state index is -0.193. The highest BCUT2D eigenvalue weighted by molar-refractivity contribution is 5.59. The third-order valence-electron chi connectivity index (χ3n) is 2.76. The van der Waals surface area contributed by atoms with E-state index in [1.54, 1.807) is 16.9 Å². The van der Waals surface area contributed by atoms with Gasteiger partial charge in [-0.15, -0.1) is 5.10 Å². The van der Waals surface area contributed by atoms with Crippen molar-refractivity contribution < 1.29 is 4.39 Å². The van der Waals surface area contributed by atoms with Crippen molar-refractivity contribution in [2.75, 3.05) is 0 Å². The summed E-state index contributed by atoms with van der Waals surface area (Å²) in [5.74, 6) is -0.193. The lowest BCUT2D eigenvalue weighted by atomic mass is 10.1. The normalized spacial score (nSPS) is 11.2. The molecule has 0 spiro atoms. The molecular formula is C13H17FN4. The van der Waals surface area contributed by atoms with Gasteiger partial charge in [-0.05, 0) is 18.2 Å². The molecule has 0 saturated heterocycles. The maximum atomic E-state index is 13.7. The molecule has 18 heavy (non-hydrogen) atoms. The van der Waals surface area contributed by atoms with E-state index in [2.05, 4.69) is 15.6 Å². The fraction of sp³-hybridized carbons (Fsp3) is 0.385. The summed E-state index contributed by atoms with van der Waals surface area (Å²) in [4.78, 5) is 0. The topological polar surface area (TPSA) is 42.7 Å². The lowest BCUT2D eigenvalue weighted by molar-refractivity contribution is 0.553. The minimum Gasteiger partial charge on any atom is -0.310 e. The van der Waals surface area contributed by atoms with Crippen molar-refractivity contribution in [3.63, 3.8) is 0 Å². The molecule has 0 atom stereocenters. The Bertz CT molecular complexity index is 534. The average molecular weight is 248 g/mol. The molecule has 0 saturated carbocycles. The third kappa shape index (κ3) is 2.73. The van der Waals surface area contributed by atoms with Crippen LogP contribution in [0, 0.1) is 5.82 Å². The average Bonchev–Trinajstić information content (AvgIpc) is 2.74. The number of halogens is 1. The van der Waals surface area contributed by atoms with Gasteiger partial charge in [-0.1, -0.05) is 19.1 Å². The zero-order chi connectivity index (χ0) is 13.1. The van der Waals surface area contributed by atoms with Gasteiger partial charge in [-0.25, -0.2) is 9.07 Å². The first-order valence-electron chi connectivity index (χ1n) is 5.95. The fourth-order valence-electron chi connectivity index (χ4n) is 1.73. The molecule has 2 rings (SSSR count). The summed E-state index contributed by atoms with van der Waals surface area (Å²) >= 11 is 0. The van der Waals surface area contributed by atoms with E-state index in [1.165, 1.54) is 6.07 Å². The Balaban J connectivity index is 2.29. The molecule has 0 aliphatic rings. The molecule has 0 bridgehead atoms. The summed E-state index contributed by atoms with van der Waals surface area (Å²) in [6, 6.07) is 5.39. The predicted molar refractivity (Wildman–Crippen MR) is 68.4 cm³/mol. The van der Waals surface area contributed by atoms with Gasteiger partial charge in [-0.2, -0.15) is 0 Å². The van der Waals surface area contributed by atoms with Crippen molar-refractivity contribution in [2.45, 2.75) is 26.4 Å². The van der Waals surface area contributed by atoms with Gasteiger partial charge in [0.1, 0.15) is 5.82 Å². The van der Waals surface area contributed by atoms with Crippen LogP contribution < -0.4 is 5.32 Å². The molecule has 0 aliphatic carbocycles. The summed E-state index contributed by atoms with van der Waals surface area (Å²) < 4.78 is 15.4. The van der Waals surface area contributed by atoms with Gasteiger partial charge in [0, 0.05) is 30.8 Å². The molecular weight excluding hydrogens is 231 g/mol. The van der Waals surface area contributed by atoms with Gasteiger partial charge in [0.25, 0.3) is 0 Å². The van der Waals surface area contributed by atoms with Crippen LogP contribution in [0.25, 0.3) is 11.3 Å². The van der Waals surface area contributed by atoms with E-state index >= 15 is 0 Å². The molecule has 0 amide bonds. The molecule has 1 heterocycles. The molecule has 5 heteroatoms. The van der Waals surface area contributed by atoms with Gasteiger partial charge >= 0.3 is 0 Å². The number of aryl methyl sites for hydroxylation is 1. The maximum absolute atomic E-state index is 13.7. The zero-order valence-corrected chi connectivity index (χ0v) is 10.8. The molecule has 0 radical (unpaired) electrons. The number of hydrogen-bond donors (Lipinski definition) is 1. The van der Waals surface area contributed by atoms with Gasteiger partial charge in [0.15, 0.2) is 0 Å². The Morgan fingerprint density at radius 1 is 1.39 bits per heavy atom. The number of nitrogens with zero attached hydrogens (tertiary/aromatic N) is 3. The molecule has 4 nitrogen and oxygen atoms in total. The highest BCUT2D eigenvalue weighted by Gasteiger charge is 2.08. The van der Waals surface area contributed by atoms with Crippen LogP contribution in [-0.4, -0.2) is 21.0 Å². The van der Waals surface area contributed by atoms with Crippen molar-refractivity contribution >= 4 is 0 Å². The van der Waals surface area contributed by atoms with Crippen LogP contribution in [0.15, 0.2) is 24.4 Å². The number of hydrogen-bond acceptors (Lipinski definition) is 3. The molecule has 2 aromatic rings. The van der Waals surface area contributed by atoms with Crippen LogP contribution in [0.4, 0.5) is 4.39 Å².